The summed E-state index contributed by atoms with van der Waals surface area (Å²) < 4.78 is 0. The lowest BCUT2D eigenvalue weighted by Gasteiger charge is -2.24. The Morgan fingerprint density at radius 3 is 2.36 bits per heavy atom. The fourth-order valence-corrected chi connectivity index (χ4v) is 3.70. The Bertz CT molecular complexity index is 523. The highest BCUT2D eigenvalue weighted by Crippen LogP contribution is 2.64. The summed E-state index contributed by atoms with van der Waals surface area (Å²) in [5, 5.41) is 31.0. The molecule has 0 saturated heterocycles. The maximum Gasteiger partial charge on any atom is 0.351 e. The molecule has 0 spiro atoms. The van der Waals surface area contributed by atoms with Crippen LogP contribution >= 0.6 is 11.8 Å². The number of carbonyl (C=O) groups is 2. The van der Waals surface area contributed by atoms with Crippen molar-refractivity contribution < 1.29 is 24.9 Å². The maximum atomic E-state index is 11.3. The number of hydrogen-bond donors (Lipinski definition) is 5. The standard InChI is InChI=1S/C17H30N2O5S/c1-16(2)10-17(16,3)15(24)19-12(14(22)23)7-5-4-6-8-25-9-11(18)13(20)21/h7,11,15,19,24H,4-6,8-10,18H2,1-3H3,(H,20,21)(H,22,23)/b12-7-/t11-,15?,17?/m0/s1. The molecular formula is C17H30N2O5S. The van der Waals surface area contributed by atoms with E-state index in [0.717, 1.165) is 25.0 Å². The van der Waals surface area contributed by atoms with Gasteiger partial charge in [0.15, 0.2) is 0 Å². The third kappa shape index (κ3) is 6.20. The van der Waals surface area contributed by atoms with Gasteiger partial charge in [0.2, 0.25) is 0 Å². The van der Waals surface area contributed by atoms with Gasteiger partial charge < -0.3 is 26.4 Å². The number of carboxylic acids is 2. The van der Waals surface area contributed by atoms with E-state index in [0.29, 0.717) is 12.2 Å². The lowest BCUT2D eigenvalue weighted by Crippen LogP contribution is -2.39. The quantitative estimate of drug-likeness (QED) is 0.198. The second-order valence-corrected chi connectivity index (χ2v) is 8.61. The summed E-state index contributed by atoms with van der Waals surface area (Å²) in [6.45, 7) is 6.05. The van der Waals surface area contributed by atoms with Crippen LogP contribution in [0.15, 0.2) is 11.8 Å². The van der Waals surface area contributed by atoms with Crippen molar-refractivity contribution in [3.63, 3.8) is 0 Å². The van der Waals surface area contributed by atoms with E-state index in [9.17, 15) is 19.8 Å². The number of hydrogen-bond acceptors (Lipinski definition) is 6. The Balaban J connectivity index is 2.32. The van der Waals surface area contributed by atoms with Crippen LogP contribution in [0.4, 0.5) is 0 Å². The molecule has 0 bridgehead atoms. The molecule has 1 fully saturated rings. The van der Waals surface area contributed by atoms with Crippen molar-refractivity contribution in [1.82, 2.24) is 5.32 Å². The predicted octanol–water partition coefficient (Wildman–Crippen LogP) is 1.61. The summed E-state index contributed by atoms with van der Waals surface area (Å²) in [4.78, 5) is 21.9. The Hall–Kier alpha value is -1.25. The summed E-state index contributed by atoms with van der Waals surface area (Å²) in [7, 11) is 0. The lowest BCUT2D eigenvalue weighted by molar-refractivity contribution is -0.138. The zero-order valence-corrected chi connectivity index (χ0v) is 15.9. The van der Waals surface area contributed by atoms with Gasteiger partial charge in [-0.15, -0.1) is 0 Å². The monoisotopic (exact) mass is 374 g/mol. The van der Waals surface area contributed by atoms with Gasteiger partial charge in [0.05, 0.1) is 0 Å². The van der Waals surface area contributed by atoms with Gasteiger partial charge in [-0.05, 0) is 36.9 Å². The number of aliphatic hydroxyl groups excluding tert-OH is 1. The highest BCUT2D eigenvalue weighted by Gasteiger charge is 2.61. The van der Waals surface area contributed by atoms with E-state index in [1.165, 1.54) is 11.8 Å². The van der Waals surface area contributed by atoms with Crippen molar-refractivity contribution >= 4 is 23.7 Å². The van der Waals surface area contributed by atoms with Crippen LogP contribution in [0.2, 0.25) is 0 Å². The molecule has 1 rings (SSSR count). The van der Waals surface area contributed by atoms with Crippen LogP contribution in [-0.2, 0) is 9.59 Å². The normalized spacial score (nSPS) is 24.4. The summed E-state index contributed by atoms with van der Waals surface area (Å²) in [5.41, 5.74) is 5.11. The Kier molecular flexibility index (Phi) is 7.77. The van der Waals surface area contributed by atoms with E-state index in [2.05, 4.69) is 19.2 Å². The average molecular weight is 375 g/mol. The van der Waals surface area contributed by atoms with Gasteiger partial charge in [-0.2, -0.15) is 11.8 Å². The van der Waals surface area contributed by atoms with Crippen molar-refractivity contribution in [2.75, 3.05) is 11.5 Å². The first kappa shape index (κ1) is 21.8. The molecule has 8 heteroatoms. The first-order valence-corrected chi connectivity index (χ1v) is 9.61. The van der Waals surface area contributed by atoms with Crippen LogP contribution < -0.4 is 11.1 Å². The molecule has 3 atom stereocenters. The molecule has 0 radical (unpaired) electrons. The van der Waals surface area contributed by atoms with Crippen molar-refractivity contribution in [3.05, 3.63) is 11.8 Å². The van der Waals surface area contributed by atoms with E-state index in [1.807, 2.05) is 6.92 Å². The molecule has 144 valence electrons. The summed E-state index contributed by atoms with van der Waals surface area (Å²) in [6, 6.07) is -0.845. The minimum atomic E-state index is -1.08. The third-order valence-electron chi connectivity index (χ3n) is 5.06. The highest BCUT2D eigenvalue weighted by molar-refractivity contribution is 7.99. The summed E-state index contributed by atoms with van der Waals surface area (Å²) in [6.07, 6.45) is 3.75. The summed E-state index contributed by atoms with van der Waals surface area (Å²) >= 11 is 1.48. The number of aliphatic hydroxyl groups is 1. The van der Waals surface area contributed by atoms with Crippen molar-refractivity contribution in [2.24, 2.45) is 16.6 Å². The molecule has 0 heterocycles. The third-order valence-corrected chi connectivity index (χ3v) is 6.23. The van der Waals surface area contributed by atoms with E-state index in [-0.39, 0.29) is 16.5 Å². The van der Waals surface area contributed by atoms with Crippen LogP contribution in [-0.4, -0.2) is 51.0 Å². The van der Waals surface area contributed by atoms with E-state index >= 15 is 0 Å². The topological polar surface area (TPSA) is 133 Å². The highest BCUT2D eigenvalue weighted by atomic mass is 32.2. The fraction of sp³-hybridized carbons (Fsp3) is 0.765. The molecule has 0 amide bonds. The molecule has 0 aliphatic heterocycles. The van der Waals surface area contributed by atoms with Gasteiger partial charge in [-0.1, -0.05) is 26.8 Å². The van der Waals surface area contributed by atoms with Gasteiger partial charge in [0, 0.05) is 11.2 Å². The minimum Gasteiger partial charge on any atom is -0.480 e. The van der Waals surface area contributed by atoms with Crippen molar-refractivity contribution in [1.29, 1.82) is 0 Å². The van der Waals surface area contributed by atoms with Crippen molar-refractivity contribution in [3.8, 4) is 0 Å². The number of unbranched alkanes of at least 4 members (excludes halogenated alkanes) is 2. The van der Waals surface area contributed by atoms with Crippen molar-refractivity contribution in [2.45, 2.75) is 58.7 Å². The fourth-order valence-electron chi connectivity index (χ4n) is 2.73. The first-order chi connectivity index (χ1) is 11.5. The van der Waals surface area contributed by atoms with Gasteiger partial charge in [0.1, 0.15) is 18.0 Å². The average Bonchev–Trinajstić information content (AvgIpc) is 3.03. The molecule has 2 unspecified atom stereocenters. The molecule has 1 saturated carbocycles. The van der Waals surface area contributed by atoms with E-state index < -0.39 is 24.2 Å². The number of aliphatic carboxylic acids is 2. The smallest absolute Gasteiger partial charge is 0.351 e. The second-order valence-electron chi connectivity index (χ2n) is 7.46. The molecular weight excluding hydrogens is 344 g/mol. The molecule has 1 aliphatic carbocycles. The van der Waals surface area contributed by atoms with E-state index in [1.54, 1.807) is 6.08 Å². The molecule has 25 heavy (non-hydrogen) atoms. The number of allylic oxidation sites excluding steroid dienone is 1. The number of nitrogens with one attached hydrogen (secondary N) is 1. The molecule has 0 aromatic rings. The molecule has 1 aliphatic rings. The molecule has 0 aromatic heterocycles. The zero-order valence-electron chi connectivity index (χ0n) is 15.1. The largest absolute Gasteiger partial charge is 0.480 e. The van der Waals surface area contributed by atoms with Crippen LogP contribution in [0.25, 0.3) is 0 Å². The first-order valence-electron chi connectivity index (χ1n) is 8.45. The van der Waals surface area contributed by atoms with Crippen LogP contribution in [0.3, 0.4) is 0 Å². The maximum absolute atomic E-state index is 11.3. The SMILES string of the molecule is CC1(C)CC1(C)C(O)N/C(=C\CCCCSC[C@H](N)C(=O)O)C(=O)O. The predicted molar refractivity (Wildman–Crippen MR) is 98.2 cm³/mol. The molecule has 0 aromatic carbocycles. The van der Waals surface area contributed by atoms with Gasteiger partial charge in [0.25, 0.3) is 0 Å². The van der Waals surface area contributed by atoms with Crippen LogP contribution in [0, 0.1) is 10.8 Å². The number of carboxylic acid groups (broad SMARTS) is 2. The molecule has 7 nitrogen and oxygen atoms in total. The Morgan fingerprint density at radius 1 is 1.28 bits per heavy atom. The van der Waals surface area contributed by atoms with Gasteiger partial charge >= 0.3 is 11.9 Å². The van der Waals surface area contributed by atoms with Crippen LogP contribution in [0.1, 0.15) is 46.5 Å². The second kappa shape index (κ2) is 8.91. The Morgan fingerprint density at radius 2 is 1.88 bits per heavy atom. The lowest BCUT2D eigenvalue weighted by atomic mass is 9.96. The number of rotatable bonds is 12. The van der Waals surface area contributed by atoms with Gasteiger partial charge in [-0.25, -0.2) is 4.79 Å². The minimum absolute atomic E-state index is 0.00292. The number of thioether (sulfide) groups is 1. The Labute approximate surface area is 153 Å². The summed E-state index contributed by atoms with van der Waals surface area (Å²) in [5.74, 6) is -0.936. The van der Waals surface area contributed by atoms with Crippen LogP contribution in [0.5, 0.6) is 0 Å². The number of nitrogens with two attached hydrogens (primary N) is 1. The van der Waals surface area contributed by atoms with E-state index in [4.69, 9.17) is 10.8 Å². The zero-order chi connectivity index (χ0) is 19.3. The molecule has 6 N–H and O–H groups in total. The van der Waals surface area contributed by atoms with Gasteiger partial charge in [-0.3, -0.25) is 4.79 Å².